The average Bonchev–Trinajstić information content (AvgIpc) is 2.48. The van der Waals surface area contributed by atoms with E-state index >= 15 is 0 Å². The largest absolute Gasteiger partial charge is 0.493 e. The zero-order valence-corrected chi connectivity index (χ0v) is 12.6. The van der Waals surface area contributed by atoms with Crippen molar-refractivity contribution in [3.63, 3.8) is 0 Å². The maximum absolute atomic E-state index is 11.9. The van der Waals surface area contributed by atoms with Gasteiger partial charge in [0.05, 0.1) is 6.61 Å². The summed E-state index contributed by atoms with van der Waals surface area (Å²) in [5.74, 6) is 0.965. The number of carbonyl (C=O) groups excluding carboxylic acids is 1. The van der Waals surface area contributed by atoms with Crippen molar-refractivity contribution in [1.82, 2.24) is 4.98 Å². The summed E-state index contributed by atoms with van der Waals surface area (Å²) in [6, 6.07) is 11.8. The molecule has 0 atom stereocenters. The first kappa shape index (κ1) is 15.2. The smallest absolute Gasteiger partial charge is 0.142 e. The fraction of sp³-hybridized carbons (Fsp3) is 0.333. The van der Waals surface area contributed by atoms with Crippen molar-refractivity contribution in [2.24, 2.45) is 0 Å². The van der Waals surface area contributed by atoms with Crippen molar-refractivity contribution in [3.8, 4) is 5.75 Å². The van der Waals surface area contributed by atoms with E-state index in [0.717, 1.165) is 23.4 Å². The van der Waals surface area contributed by atoms with E-state index in [9.17, 15) is 4.79 Å². The summed E-state index contributed by atoms with van der Waals surface area (Å²) >= 11 is 0. The Morgan fingerprint density at radius 2 is 2.10 bits per heavy atom. The van der Waals surface area contributed by atoms with Crippen LogP contribution in [0.3, 0.4) is 0 Å². The molecule has 110 valence electrons. The molecule has 0 unspecified atom stereocenters. The number of hydrogen-bond donors (Lipinski definition) is 0. The zero-order chi connectivity index (χ0) is 15.1. The summed E-state index contributed by atoms with van der Waals surface area (Å²) in [4.78, 5) is 16.2. The maximum atomic E-state index is 11.9. The van der Waals surface area contributed by atoms with Gasteiger partial charge in [-0.25, -0.2) is 0 Å². The minimum Gasteiger partial charge on any atom is -0.493 e. The van der Waals surface area contributed by atoms with Crippen LogP contribution in [0.1, 0.15) is 30.2 Å². The molecule has 1 aromatic heterocycles. The van der Waals surface area contributed by atoms with Crippen molar-refractivity contribution in [3.05, 3.63) is 59.4 Å². The zero-order valence-electron chi connectivity index (χ0n) is 12.6. The second kappa shape index (κ2) is 7.58. The van der Waals surface area contributed by atoms with Gasteiger partial charge in [-0.1, -0.05) is 25.1 Å². The Bertz CT molecular complexity index is 590. The molecule has 0 saturated carbocycles. The Labute approximate surface area is 126 Å². The normalized spacial score (nSPS) is 10.4. The summed E-state index contributed by atoms with van der Waals surface area (Å²) < 4.78 is 5.59. The quantitative estimate of drug-likeness (QED) is 0.780. The minimum absolute atomic E-state index is 0.152. The van der Waals surface area contributed by atoms with Crippen LogP contribution in [0.25, 0.3) is 0 Å². The summed E-state index contributed by atoms with van der Waals surface area (Å²) in [5, 5.41) is 0. The van der Waals surface area contributed by atoms with Crippen LogP contribution in [0.15, 0.2) is 42.6 Å². The molecule has 0 bridgehead atoms. The summed E-state index contributed by atoms with van der Waals surface area (Å²) in [5.41, 5.74) is 3.17. The Hall–Kier alpha value is -2.16. The van der Waals surface area contributed by atoms with Crippen LogP contribution in [0, 0.1) is 6.92 Å². The third-order valence-electron chi connectivity index (χ3n) is 3.31. The van der Waals surface area contributed by atoms with E-state index in [0.29, 0.717) is 19.4 Å². The van der Waals surface area contributed by atoms with Gasteiger partial charge in [-0.3, -0.25) is 9.78 Å². The standard InChI is InChI=1S/C18H21NO2/c1-3-15-7-8-16(19-13-15)12-17(20)9-10-21-18-6-4-5-14(2)11-18/h4-8,11,13H,3,9-10,12H2,1-2H3. The minimum atomic E-state index is 0.152. The molecule has 3 heteroatoms. The van der Waals surface area contributed by atoms with Crippen LogP contribution in [0.5, 0.6) is 5.75 Å². The van der Waals surface area contributed by atoms with Crippen LogP contribution in [-0.4, -0.2) is 17.4 Å². The third-order valence-corrected chi connectivity index (χ3v) is 3.31. The molecule has 0 fully saturated rings. The van der Waals surface area contributed by atoms with Crippen LogP contribution < -0.4 is 4.74 Å². The van der Waals surface area contributed by atoms with E-state index < -0.39 is 0 Å². The predicted octanol–water partition coefficient (Wildman–Crippen LogP) is 3.53. The number of ketones is 1. The molecule has 2 rings (SSSR count). The molecule has 21 heavy (non-hydrogen) atoms. The fourth-order valence-electron chi connectivity index (χ4n) is 2.05. The number of hydrogen-bond acceptors (Lipinski definition) is 3. The molecule has 0 spiro atoms. The summed E-state index contributed by atoms with van der Waals surface area (Å²) in [7, 11) is 0. The van der Waals surface area contributed by atoms with Gasteiger partial charge in [-0.15, -0.1) is 0 Å². The van der Waals surface area contributed by atoms with E-state index in [2.05, 4.69) is 11.9 Å². The number of carbonyl (C=O) groups is 1. The van der Waals surface area contributed by atoms with Crippen molar-refractivity contribution in [2.75, 3.05) is 6.61 Å². The van der Waals surface area contributed by atoms with Gasteiger partial charge in [0.2, 0.25) is 0 Å². The highest BCUT2D eigenvalue weighted by Crippen LogP contribution is 2.12. The number of ether oxygens (including phenoxy) is 1. The Balaban J connectivity index is 1.76. The Morgan fingerprint density at radius 3 is 2.76 bits per heavy atom. The van der Waals surface area contributed by atoms with Crippen LogP contribution >= 0.6 is 0 Å². The number of benzene rings is 1. The SMILES string of the molecule is CCc1ccc(CC(=O)CCOc2cccc(C)c2)nc1. The lowest BCUT2D eigenvalue weighted by Crippen LogP contribution is -2.09. The molecule has 0 aliphatic carbocycles. The van der Waals surface area contributed by atoms with E-state index in [4.69, 9.17) is 4.74 Å². The third kappa shape index (κ3) is 5.03. The number of nitrogens with zero attached hydrogens (tertiary/aromatic N) is 1. The summed E-state index contributed by atoms with van der Waals surface area (Å²) in [6.45, 7) is 4.52. The second-order valence-corrected chi connectivity index (χ2v) is 5.14. The van der Waals surface area contributed by atoms with Crippen molar-refractivity contribution in [1.29, 1.82) is 0 Å². The van der Waals surface area contributed by atoms with E-state index in [1.165, 1.54) is 5.56 Å². The number of aromatic nitrogens is 1. The first-order chi connectivity index (χ1) is 10.2. The molecule has 0 aliphatic heterocycles. The molecular formula is C18H21NO2. The van der Waals surface area contributed by atoms with Crippen LogP contribution in [0.4, 0.5) is 0 Å². The highest BCUT2D eigenvalue weighted by Gasteiger charge is 2.05. The van der Waals surface area contributed by atoms with Crippen molar-refractivity contribution >= 4 is 5.78 Å². The molecule has 0 radical (unpaired) electrons. The molecule has 0 aliphatic rings. The second-order valence-electron chi connectivity index (χ2n) is 5.14. The first-order valence-electron chi connectivity index (χ1n) is 7.32. The lowest BCUT2D eigenvalue weighted by atomic mass is 10.1. The van der Waals surface area contributed by atoms with Crippen molar-refractivity contribution < 1.29 is 9.53 Å². The molecule has 2 aromatic rings. The topological polar surface area (TPSA) is 39.2 Å². The highest BCUT2D eigenvalue weighted by atomic mass is 16.5. The van der Waals surface area contributed by atoms with Gasteiger partial charge in [0.1, 0.15) is 11.5 Å². The highest BCUT2D eigenvalue weighted by molar-refractivity contribution is 5.80. The molecule has 0 saturated heterocycles. The Morgan fingerprint density at radius 1 is 1.24 bits per heavy atom. The lowest BCUT2D eigenvalue weighted by Gasteiger charge is -2.06. The fourth-order valence-corrected chi connectivity index (χ4v) is 2.05. The van der Waals surface area contributed by atoms with Gasteiger partial charge in [0.25, 0.3) is 0 Å². The number of rotatable bonds is 7. The van der Waals surface area contributed by atoms with E-state index in [-0.39, 0.29) is 5.78 Å². The van der Waals surface area contributed by atoms with Gasteiger partial charge in [0.15, 0.2) is 0 Å². The van der Waals surface area contributed by atoms with Gasteiger partial charge in [-0.2, -0.15) is 0 Å². The monoisotopic (exact) mass is 283 g/mol. The van der Waals surface area contributed by atoms with Crippen LogP contribution in [0.2, 0.25) is 0 Å². The van der Waals surface area contributed by atoms with Gasteiger partial charge >= 0.3 is 0 Å². The number of Topliss-reactive ketones (excluding diaryl/α,β-unsaturated/α-hetero) is 1. The predicted molar refractivity (Wildman–Crippen MR) is 83.6 cm³/mol. The van der Waals surface area contributed by atoms with Gasteiger partial charge in [0, 0.05) is 24.7 Å². The molecular weight excluding hydrogens is 262 g/mol. The molecule has 1 aromatic carbocycles. The van der Waals surface area contributed by atoms with E-state index in [1.54, 1.807) is 0 Å². The summed E-state index contributed by atoms with van der Waals surface area (Å²) in [6.07, 6.45) is 3.59. The number of pyridine rings is 1. The van der Waals surface area contributed by atoms with E-state index in [1.807, 2.05) is 49.5 Å². The Kier molecular flexibility index (Phi) is 5.50. The molecule has 0 amide bonds. The molecule has 3 nitrogen and oxygen atoms in total. The lowest BCUT2D eigenvalue weighted by molar-refractivity contribution is -0.118. The van der Waals surface area contributed by atoms with Gasteiger partial charge in [-0.05, 0) is 42.7 Å². The molecule has 0 N–H and O–H groups in total. The molecule has 1 heterocycles. The number of aryl methyl sites for hydroxylation is 2. The average molecular weight is 283 g/mol. The first-order valence-corrected chi connectivity index (χ1v) is 7.32. The maximum Gasteiger partial charge on any atom is 0.142 e. The van der Waals surface area contributed by atoms with Crippen molar-refractivity contribution in [2.45, 2.75) is 33.1 Å². The van der Waals surface area contributed by atoms with Gasteiger partial charge < -0.3 is 4.74 Å². The van der Waals surface area contributed by atoms with Crippen LogP contribution in [-0.2, 0) is 17.6 Å².